The Morgan fingerprint density at radius 2 is 2.11 bits per heavy atom. The molecule has 7 heteroatoms. The number of carbonyl (C=O) groups is 1. The zero-order valence-corrected chi connectivity index (χ0v) is 17.0. The van der Waals surface area contributed by atoms with Gasteiger partial charge in [0.25, 0.3) is 5.91 Å². The normalized spacial score (nSPS) is 17.0. The SMILES string of the molecule is Cc1ccc(C)c2sc(N(CC3CCCO3)C(=O)c3cc(C)n(C)n3)nc12. The molecular formula is C20H24N4O2S. The zero-order chi connectivity index (χ0) is 19.1. The summed E-state index contributed by atoms with van der Waals surface area (Å²) in [6.07, 6.45) is 2.05. The van der Waals surface area contributed by atoms with Gasteiger partial charge in [-0.1, -0.05) is 23.5 Å². The molecule has 0 radical (unpaired) electrons. The van der Waals surface area contributed by atoms with Crippen LogP contribution in [0.3, 0.4) is 0 Å². The van der Waals surface area contributed by atoms with Gasteiger partial charge in [-0.05, 0) is 50.8 Å². The van der Waals surface area contributed by atoms with Gasteiger partial charge in [-0.15, -0.1) is 0 Å². The van der Waals surface area contributed by atoms with Crippen molar-refractivity contribution >= 4 is 32.6 Å². The van der Waals surface area contributed by atoms with Gasteiger partial charge < -0.3 is 4.74 Å². The Bertz CT molecular complexity index is 942. The van der Waals surface area contributed by atoms with Crippen LogP contribution in [0.5, 0.6) is 0 Å². The lowest BCUT2D eigenvalue weighted by Crippen LogP contribution is -2.37. The van der Waals surface area contributed by atoms with E-state index in [0.29, 0.717) is 17.4 Å². The average Bonchev–Trinajstić information content (AvgIpc) is 3.37. The Labute approximate surface area is 162 Å². The van der Waals surface area contributed by atoms with E-state index in [1.54, 1.807) is 20.9 Å². The third-order valence-electron chi connectivity index (χ3n) is 5.15. The van der Waals surface area contributed by atoms with Gasteiger partial charge in [0.15, 0.2) is 10.8 Å². The van der Waals surface area contributed by atoms with E-state index in [4.69, 9.17) is 9.72 Å². The van der Waals surface area contributed by atoms with Crippen LogP contribution in [0.15, 0.2) is 18.2 Å². The van der Waals surface area contributed by atoms with Crippen molar-refractivity contribution in [2.75, 3.05) is 18.1 Å². The van der Waals surface area contributed by atoms with Crippen LogP contribution in [-0.2, 0) is 11.8 Å². The van der Waals surface area contributed by atoms with Crippen molar-refractivity contribution in [3.8, 4) is 0 Å². The minimum atomic E-state index is -0.122. The molecule has 0 aliphatic carbocycles. The summed E-state index contributed by atoms with van der Waals surface area (Å²) in [4.78, 5) is 19.9. The Kier molecular flexibility index (Phi) is 4.74. The maximum Gasteiger partial charge on any atom is 0.280 e. The standard InChI is InChI=1S/C20H24N4O2S/c1-12-7-8-13(2)18-17(12)21-20(27-18)24(11-15-6-5-9-26-15)19(25)16-10-14(3)23(4)22-16/h7-8,10,15H,5-6,9,11H2,1-4H3. The molecule has 1 unspecified atom stereocenters. The molecule has 4 rings (SSSR count). The van der Waals surface area contributed by atoms with Crippen LogP contribution < -0.4 is 4.90 Å². The van der Waals surface area contributed by atoms with E-state index in [1.807, 2.05) is 20.0 Å². The number of aryl methyl sites for hydroxylation is 4. The monoisotopic (exact) mass is 384 g/mol. The summed E-state index contributed by atoms with van der Waals surface area (Å²) in [5, 5.41) is 5.10. The van der Waals surface area contributed by atoms with Crippen LogP contribution >= 0.6 is 11.3 Å². The number of amides is 1. The molecule has 2 aromatic heterocycles. The zero-order valence-electron chi connectivity index (χ0n) is 16.2. The van der Waals surface area contributed by atoms with Gasteiger partial charge in [-0.3, -0.25) is 14.4 Å². The summed E-state index contributed by atoms with van der Waals surface area (Å²) in [7, 11) is 1.85. The van der Waals surface area contributed by atoms with Crippen molar-refractivity contribution in [1.82, 2.24) is 14.8 Å². The van der Waals surface area contributed by atoms with Crippen LogP contribution in [0, 0.1) is 20.8 Å². The molecule has 3 aromatic rings. The van der Waals surface area contributed by atoms with E-state index in [1.165, 1.54) is 5.56 Å². The molecule has 1 aliphatic rings. The smallest absolute Gasteiger partial charge is 0.280 e. The van der Waals surface area contributed by atoms with Crippen LogP contribution in [0.4, 0.5) is 5.13 Å². The number of hydrogen-bond acceptors (Lipinski definition) is 5. The second-order valence-corrected chi connectivity index (χ2v) is 8.20. The molecule has 1 amide bonds. The van der Waals surface area contributed by atoms with Crippen molar-refractivity contribution in [3.63, 3.8) is 0 Å². The number of rotatable bonds is 4. The quantitative estimate of drug-likeness (QED) is 0.687. The van der Waals surface area contributed by atoms with Crippen LogP contribution in [0.2, 0.25) is 0 Å². The van der Waals surface area contributed by atoms with Crippen molar-refractivity contribution < 1.29 is 9.53 Å². The maximum atomic E-state index is 13.3. The average molecular weight is 385 g/mol. The molecule has 1 aromatic carbocycles. The van der Waals surface area contributed by atoms with Crippen molar-refractivity contribution in [3.05, 3.63) is 40.7 Å². The highest BCUT2D eigenvalue weighted by molar-refractivity contribution is 7.22. The van der Waals surface area contributed by atoms with E-state index in [-0.39, 0.29) is 12.0 Å². The van der Waals surface area contributed by atoms with E-state index in [9.17, 15) is 4.79 Å². The molecule has 0 bridgehead atoms. The Morgan fingerprint density at radius 1 is 1.33 bits per heavy atom. The first kappa shape index (κ1) is 18.1. The lowest BCUT2D eigenvalue weighted by atomic mass is 10.1. The van der Waals surface area contributed by atoms with Crippen molar-refractivity contribution in [2.45, 2.75) is 39.7 Å². The fraction of sp³-hybridized carbons (Fsp3) is 0.450. The second kappa shape index (κ2) is 7.05. The van der Waals surface area contributed by atoms with E-state index >= 15 is 0 Å². The number of nitrogens with zero attached hydrogens (tertiary/aromatic N) is 4. The lowest BCUT2D eigenvalue weighted by molar-refractivity contribution is 0.0913. The maximum absolute atomic E-state index is 13.3. The van der Waals surface area contributed by atoms with Gasteiger partial charge in [0, 0.05) is 19.3 Å². The first-order valence-corrected chi connectivity index (χ1v) is 10.1. The molecule has 1 saturated heterocycles. The Balaban J connectivity index is 1.76. The van der Waals surface area contributed by atoms with Gasteiger partial charge in [0.2, 0.25) is 0 Å². The minimum Gasteiger partial charge on any atom is -0.376 e. The predicted octanol–water partition coefficient (Wildman–Crippen LogP) is 3.78. The van der Waals surface area contributed by atoms with E-state index in [2.05, 4.69) is 31.1 Å². The van der Waals surface area contributed by atoms with Crippen LogP contribution in [-0.4, -0.2) is 39.9 Å². The highest BCUT2D eigenvalue weighted by Crippen LogP contribution is 2.34. The fourth-order valence-electron chi connectivity index (χ4n) is 3.41. The highest BCUT2D eigenvalue weighted by Gasteiger charge is 2.28. The number of aromatic nitrogens is 3. The van der Waals surface area contributed by atoms with E-state index in [0.717, 1.165) is 40.9 Å². The van der Waals surface area contributed by atoms with Crippen molar-refractivity contribution in [1.29, 1.82) is 0 Å². The van der Waals surface area contributed by atoms with Crippen LogP contribution in [0.1, 0.15) is 40.2 Å². The highest BCUT2D eigenvalue weighted by atomic mass is 32.1. The molecule has 142 valence electrons. The van der Waals surface area contributed by atoms with Gasteiger partial charge in [-0.2, -0.15) is 5.10 Å². The number of carbonyl (C=O) groups excluding carboxylic acids is 1. The fourth-order valence-corrected chi connectivity index (χ4v) is 4.53. The van der Waals surface area contributed by atoms with Gasteiger partial charge in [-0.25, -0.2) is 4.98 Å². The third kappa shape index (κ3) is 3.37. The number of benzene rings is 1. The Hall–Kier alpha value is -2.25. The molecule has 6 nitrogen and oxygen atoms in total. The molecule has 1 fully saturated rings. The Morgan fingerprint density at radius 3 is 2.74 bits per heavy atom. The molecule has 1 aliphatic heterocycles. The summed E-state index contributed by atoms with van der Waals surface area (Å²) in [5.41, 5.74) is 4.67. The molecule has 27 heavy (non-hydrogen) atoms. The van der Waals surface area contributed by atoms with Gasteiger partial charge in [0.1, 0.15) is 0 Å². The minimum absolute atomic E-state index is 0.0490. The summed E-state index contributed by atoms with van der Waals surface area (Å²) in [6.45, 7) is 7.34. The summed E-state index contributed by atoms with van der Waals surface area (Å²) < 4.78 is 8.66. The number of thiazole rings is 1. The largest absolute Gasteiger partial charge is 0.376 e. The molecule has 0 saturated carbocycles. The molecular weight excluding hydrogens is 360 g/mol. The molecule has 0 spiro atoms. The molecule has 0 N–H and O–H groups in total. The number of anilines is 1. The summed E-state index contributed by atoms with van der Waals surface area (Å²) in [5.74, 6) is -0.122. The van der Waals surface area contributed by atoms with Gasteiger partial charge >= 0.3 is 0 Å². The van der Waals surface area contributed by atoms with Crippen LogP contribution in [0.25, 0.3) is 10.2 Å². The number of hydrogen-bond donors (Lipinski definition) is 0. The first-order chi connectivity index (χ1) is 12.9. The summed E-state index contributed by atoms with van der Waals surface area (Å²) in [6, 6.07) is 6.01. The second-order valence-electron chi connectivity index (χ2n) is 7.22. The number of fused-ring (bicyclic) bond motifs is 1. The summed E-state index contributed by atoms with van der Waals surface area (Å²) >= 11 is 1.57. The lowest BCUT2D eigenvalue weighted by Gasteiger charge is -2.22. The third-order valence-corrected chi connectivity index (χ3v) is 6.36. The topological polar surface area (TPSA) is 60.2 Å². The number of ether oxygens (including phenoxy) is 1. The van der Waals surface area contributed by atoms with Gasteiger partial charge in [0.05, 0.1) is 22.9 Å². The van der Waals surface area contributed by atoms with E-state index < -0.39 is 0 Å². The molecule has 1 atom stereocenters. The predicted molar refractivity (Wildman–Crippen MR) is 108 cm³/mol. The van der Waals surface area contributed by atoms with Crippen molar-refractivity contribution in [2.24, 2.45) is 7.05 Å². The first-order valence-electron chi connectivity index (χ1n) is 9.25. The molecule has 3 heterocycles.